The van der Waals surface area contributed by atoms with Crippen LogP contribution in [0, 0.1) is 22.7 Å². The van der Waals surface area contributed by atoms with E-state index < -0.39 is 5.25 Å². The minimum absolute atomic E-state index is 0.173. The number of anilines is 1. The Morgan fingerprint density at radius 1 is 1.32 bits per heavy atom. The maximum absolute atomic E-state index is 13.0. The summed E-state index contributed by atoms with van der Waals surface area (Å²) in [5.74, 6) is 0.403. The van der Waals surface area contributed by atoms with Crippen LogP contribution in [-0.4, -0.2) is 31.3 Å². The van der Waals surface area contributed by atoms with E-state index >= 15 is 0 Å². The summed E-state index contributed by atoms with van der Waals surface area (Å²) >= 11 is 2.80. The van der Waals surface area contributed by atoms with Crippen LogP contribution in [0.25, 0.3) is 22.1 Å². The van der Waals surface area contributed by atoms with Gasteiger partial charge in [0.15, 0.2) is 5.65 Å². The number of nitriles is 1. The number of nitrogens with zero attached hydrogens (tertiary/aromatic N) is 4. The zero-order chi connectivity index (χ0) is 24.0. The number of H-pyrrole nitrogens is 1. The van der Waals surface area contributed by atoms with Crippen molar-refractivity contribution in [3.63, 3.8) is 0 Å². The smallest absolute Gasteiger partial charge is 0.238 e. The van der Waals surface area contributed by atoms with Crippen LogP contribution < -0.4 is 5.32 Å². The lowest BCUT2D eigenvalue weighted by molar-refractivity contribution is -0.115. The number of thiophene rings is 1. The lowest BCUT2D eigenvalue weighted by Gasteiger charge is -2.33. The molecule has 7 nitrogen and oxygen atoms in total. The zero-order valence-electron chi connectivity index (χ0n) is 19.6. The fraction of sp³-hybridized carbons (Fsp3) is 0.400. The molecule has 1 aromatic carbocycles. The Morgan fingerprint density at radius 3 is 2.88 bits per heavy atom. The molecule has 0 fully saturated rings. The molecule has 0 radical (unpaired) electrons. The van der Waals surface area contributed by atoms with E-state index in [1.54, 1.807) is 11.3 Å². The molecular weight excluding hydrogens is 464 g/mol. The largest absolute Gasteiger partial charge is 0.338 e. The molecule has 1 aliphatic rings. The molecule has 0 aliphatic heterocycles. The van der Waals surface area contributed by atoms with Crippen LogP contribution in [0.2, 0.25) is 0 Å². The number of carbonyl (C=O) groups is 1. The highest BCUT2D eigenvalue weighted by molar-refractivity contribution is 8.00. The van der Waals surface area contributed by atoms with Crippen LogP contribution in [0.1, 0.15) is 50.1 Å². The Labute approximate surface area is 206 Å². The number of benzene rings is 1. The van der Waals surface area contributed by atoms with Gasteiger partial charge in [0.2, 0.25) is 11.1 Å². The molecule has 3 aromatic heterocycles. The minimum atomic E-state index is -0.448. The number of hydrogen-bond acceptors (Lipinski definition) is 7. The second-order valence-electron chi connectivity index (χ2n) is 9.84. The van der Waals surface area contributed by atoms with Crippen LogP contribution in [0.3, 0.4) is 0 Å². The Morgan fingerprint density at radius 2 is 2.12 bits per heavy atom. The molecule has 2 unspecified atom stereocenters. The molecule has 2 N–H and O–H groups in total. The molecule has 0 saturated carbocycles. The first-order valence-electron chi connectivity index (χ1n) is 11.4. The van der Waals surface area contributed by atoms with E-state index in [1.807, 2.05) is 31.2 Å². The van der Waals surface area contributed by atoms with Gasteiger partial charge in [-0.25, -0.2) is 4.98 Å². The van der Waals surface area contributed by atoms with E-state index in [0.717, 1.165) is 35.7 Å². The summed E-state index contributed by atoms with van der Waals surface area (Å²) in [4.78, 5) is 22.1. The van der Waals surface area contributed by atoms with Crippen molar-refractivity contribution in [2.75, 3.05) is 5.32 Å². The Bertz CT molecular complexity index is 1440. The lowest BCUT2D eigenvalue weighted by atomic mass is 9.72. The molecule has 9 heteroatoms. The third-order valence-electron chi connectivity index (χ3n) is 6.59. The normalized spacial score (nSPS) is 16.9. The van der Waals surface area contributed by atoms with Crippen molar-refractivity contribution in [1.82, 2.24) is 20.2 Å². The van der Waals surface area contributed by atoms with Gasteiger partial charge in [-0.1, -0.05) is 50.7 Å². The highest BCUT2D eigenvalue weighted by atomic mass is 32.2. The molecular formula is C25H26N6OS2. The van der Waals surface area contributed by atoms with Gasteiger partial charge in [-0.05, 0) is 49.1 Å². The standard InChI is InChI=1S/C25H26N6OS2/c1-13(33-24-28-21-20(30-31-24)16-7-5-6-8-18(16)27-21)22(32)29-23-17(12-26)15-10-9-14(25(2,3)4)11-19(15)34-23/h5-8,13-14H,9-11H2,1-4H3,(H,29,32)(H,27,28,31). The first-order valence-corrected chi connectivity index (χ1v) is 13.1. The number of fused-ring (bicyclic) bond motifs is 4. The van der Waals surface area contributed by atoms with E-state index in [-0.39, 0.29) is 11.3 Å². The third-order valence-corrected chi connectivity index (χ3v) is 8.71. The van der Waals surface area contributed by atoms with Crippen molar-refractivity contribution in [1.29, 1.82) is 5.26 Å². The van der Waals surface area contributed by atoms with Gasteiger partial charge >= 0.3 is 0 Å². The van der Waals surface area contributed by atoms with Gasteiger partial charge in [0.05, 0.1) is 10.8 Å². The summed E-state index contributed by atoms with van der Waals surface area (Å²) in [6.45, 7) is 8.63. The zero-order valence-corrected chi connectivity index (χ0v) is 21.2. The first kappa shape index (κ1) is 22.8. The average Bonchev–Trinajstić information content (AvgIpc) is 3.34. The topological polar surface area (TPSA) is 107 Å². The van der Waals surface area contributed by atoms with Gasteiger partial charge in [-0.3, -0.25) is 4.79 Å². The Kier molecular flexibility index (Phi) is 5.82. The predicted octanol–water partition coefficient (Wildman–Crippen LogP) is 5.71. The van der Waals surface area contributed by atoms with E-state index in [2.05, 4.69) is 52.3 Å². The molecule has 2 atom stereocenters. The van der Waals surface area contributed by atoms with Crippen LogP contribution >= 0.6 is 23.1 Å². The van der Waals surface area contributed by atoms with Crippen molar-refractivity contribution < 1.29 is 4.79 Å². The van der Waals surface area contributed by atoms with E-state index in [4.69, 9.17) is 0 Å². The van der Waals surface area contributed by atoms with Crippen LogP contribution in [0.5, 0.6) is 0 Å². The maximum atomic E-state index is 13.0. The van der Waals surface area contributed by atoms with Gasteiger partial charge in [-0.2, -0.15) is 5.26 Å². The number of aromatic nitrogens is 4. The number of aromatic amines is 1. The van der Waals surface area contributed by atoms with Gasteiger partial charge in [0.25, 0.3) is 0 Å². The van der Waals surface area contributed by atoms with Gasteiger partial charge < -0.3 is 10.3 Å². The Hall–Kier alpha value is -2.96. The predicted molar refractivity (Wildman–Crippen MR) is 137 cm³/mol. The second kappa shape index (κ2) is 8.67. The number of para-hydroxylation sites is 1. The van der Waals surface area contributed by atoms with Gasteiger partial charge in [0, 0.05) is 15.8 Å². The molecule has 1 aliphatic carbocycles. The summed E-state index contributed by atoms with van der Waals surface area (Å²) in [5, 5.41) is 23.0. The number of nitrogens with one attached hydrogen (secondary N) is 2. The monoisotopic (exact) mass is 490 g/mol. The summed E-state index contributed by atoms with van der Waals surface area (Å²) in [5.41, 5.74) is 4.27. The summed E-state index contributed by atoms with van der Waals surface area (Å²) in [7, 11) is 0. The molecule has 3 heterocycles. The van der Waals surface area contributed by atoms with Crippen LogP contribution in [-0.2, 0) is 17.6 Å². The molecule has 0 spiro atoms. The first-order chi connectivity index (χ1) is 16.2. The summed E-state index contributed by atoms with van der Waals surface area (Å²) < 4.78 is 0. The molecule has 174 valence electrons. The highest BCUT2D eigenvalue weighted by Crippen LogP contribution is 2.44. The fourth-order valence-corrected chi connectivity index (χ4v) is 6.51. The molecule has 5 rings (SSSR count). The Balaban J connectivity index is 1.32. The highest BCUT2D eigenvalue weighted by Gasteiger charge is 2.32. The lowest BCUT2D eigenvalue weighted by Crippen LogP contribution is -2.26. The number of rotatable bonds is 4. The van der Waals surface area contributed by atoms with E-state index in [0.29, 0.717) is 32.8 Å². The van der Waals surface area contributed by atoms with E-state index in [9.17, 15) is 10.1 Å². The summed E-state index contributed by atoms with van der Waals surface area (Å²) in [6.07, 6.45) is 2.92. The SMILES string of the molecule is CC(Sc1nnc2c(n1)[nH]c1ccccc12)C(=O)Nc1sc2c(c1C#N)CCC(C(C)(C)C)C2. The van der Waals surface area contributed by atoms with E-state index in [1.165, 1.54) is 16.6 Å². The quantitative estimate of drug-likeness (QED) is 0.355. The fourth-order valence-electron chi connectivity index (χ4n) is 4.51. The number of carbonyl (C=O) groups excluding carboxylic acids is 1. The van der Waals surface area contributed by atoms with Crippen molar-refractivity contribution in [3.05, 3.63) is 40.3 Å². The molecule has 1 amide bonds. The van der Waals surface area contributed by atoms with Crippen molar-refractivity contribution >= 4 is 56.1 Å². The van der Waals surface area contributed by atoms with Gasteiger partial charge in [-0.15, -0.1) is 21.5 Å². The van der Waals surface area contributed by atoms with Crippen LogP contribution in [0.15, 0.2) is 29.4 Å². The minimum Gasteiger partial charge on any atom is -0.338 e. The molecule has 4 aromatic rings. The number of amides is 1. The number of hydrogen-bond donors (Lipinski definition) is 2. The molecule has 34 heavy (non-hydrogen) atoms. The average molecular weight is 491 g/mol. The second-order valence-corrected chi connectivity index (χ2v) is 12.3. The van der Waals surface area contributed by atoms with Crippen molar-refractivity contribution in [2.24, 2.45) is 11.3 Å². The summed E-state index contributed by atoms with van der Waals surface area (Å²) in [6, 6.07) is 10.2. The molecule has 0 bridgehead atoms. The van der Waals surface area contributed by atoms with Gasteiger partial charge in [0.1, 0.15) is 16.6 Å². The molecule has 0 saturated heterocycles. The van der Waals surface area contributed by atoms with Crippen molar-refractivity contribution in [3.8, 4) is 6.07 Å². The number of thioether (sulfide) groups is 1. The van der Waals surface area contributed by atoms with Crippen molar-refractivity contribution in [2.45, 2.75) is 57.4 Å². The third kappa shape index (κ3) is 4.17. The van der Waals surface area contributed by atoms with Crippen LogP contribution in [0.4, 0.5) is 5.00 Å². The maximum Gasteiger partial charge on any atom is 0.238 e.